The van der Waals surface area contributed by atoms with Crippen LogP contribution >= 0.6 is 11.3 Å². The molecule has 1 N–H and O–H groups in total. The van der Waals surface area contributed by atoms with E-state index in [9.17, 15) is 9.18 Å². The molecule has 0 saturated carbocycles. The minimum atomic E-state index is -0.388. The second-order valence-corrected chi connectivity index (χ2v) is 5.83. The van der Waals surface area contributed by atoms with E-state index in [1.54, 1.807) is 6.20 Å². The van der Waals surface area contributed by atoms with E-state index in [4.69, 9.17) is 4.74 Å². The molecule has 0 fully saturated rings. The third-order valence-electron chi connectivity index (χ3n) is 3.14. The number of hydrogen-bond donors (Lipinski definition) is 1. The van der Waals surface area contributed by atoms with Gasteiger partial charge in [-0.2, -0.15) is 0 Å². The largest absolute Gasteiger partial charge is 0.375 e. The minimum Gasteiger partial charge on any atom is -0.375 e. The van der Waals surface area contributed by atoms with Crippen molar-refractivity contribution in [2.24, 2.45) is 0 Å². The van der Waals surface area contributed by atoms with Gasteiger partial charge in [-0.1, -0.05) is 11.3 Å². The lowest BCUT2D eigenvalue weighted by atomic mass is 10.1. The van der Waals surface area contributed by atoms with Crippen LogP contribution in [-0.2, 0) is 29.0 Å². The highest BCUT2D eigenvalue weighted by molar-refractivity contribution is 7.15. The Morgan fingerprint density at radius 3 is 3.19 bits per heavy atom. The first-order chi connectivity index (χ1) is 10.2. The van der Waals surface area contributed by atoms with Crippen molar-refractivity contribution in [1.82, 2.24) is 9.97 Å². The zero-order valence-corrected chi connectivity index (χ0v) is 12.1. The molecule has 0 bridgehead atoms. The van der Waals surface area contributed by atoms with Gasteiger partial charge in [-0.15, -0.1) is 0 Å². The van der Waals surface area contributed by atoms with Crippen LogP contribution in [0.2, 0.25) is 0 Å². The predicted molar refractivity (Wildman–Crippen MR) is 76.6 cm³/mol. The molecule has 21 heavy (non-hydrogen) atoms. The Kier molecular flexibility index (Phi) is 4.21. The Hall–Kier alpha value is -1.86. The van der Waals surface area contributed by atoms with Crippen LogP contribution in [0.15, 0.2) is 18.5 Å². The average Bonchev–Trinajstić information content (AvgIpc) is 2.87. The van der Waals surface area contributed by atoms with E-state index in [0.717, 1.165) is 23.2 Å². The maximum atomic E-state index is 13.0. The number of thiazole rings is 1. The fraction of sp³-hybridized carbons (Fsp3) is 0.357. The van der Waals surface area contributed by atoms with E-state index in [0.29, 0.717) is 30.3 Å². The van der Waals surface area contributed by atoms with Crippen molar-refractivity contribution in [3.8, 4) is 0 Å². The molecule has 2 aromatic rings. The lowest BCUT2D eigenvalue weighted by Gasteiger charge is -2.08. The molecule has 0 atom stereocenters. The number of aryl methyl sites for hydroxylation is 1. The highest BCUT2D eigenvalue weighted by Crippen LogP contribution is 2.27. The van der Waals surface area contributed by atoms with Gasteiger partial charge in [0.25, 0.3) is 0 Å². The van der Waals surface area contributed by atoms with Gasteiger partial charge in [0.15, 0.2) is 5.13 Å². The molecular formula is C14H14FN3O2S. The molecule has 3 heterocycles. The van der Waals surface area contributed by atoms with Crippen LogP contribution in [0.1, 0.15) is 22.6 Å². The monoisotopic (exact) mass is 307 g/mol. The summed E-state index contributed by atoms with van der Waals surface area (Å²) < 4.78 is 18.3. The number of anilines is 1. The summed E-state index contributed by atoms with van der Waals surface area (Å²) in [6, 6.07) is 1.39. The van der Waals surface area contributed by atoms with Crippen LogP contribution in [-0.4, -0.2) is 22.5 Å². The molecule has 5 nitrogen and oxygen atoms in total. The molecule has 7 heteroatoms. The zero-order chi connectivity index (χ0) is 14.7. The number of nitrogens with zero attached hydrogens (tertiary/aromatic N) is 2. The van der Waals surface area contributed by atoms with E-state index < -0.39 is 0 Å². The van der Waals surface area contributed by atoms with Crippen molar-refractivity contribution in [1.29, 1.82) is 0 Å². The number of carbonyl (C=O) groups is 1. The summed E-state index contributed by atoms with van der Waals surface area (Å²) in [5.74, 6) is -0.521. The SMILES string of the molecule is O=C(CCc1cncc(F)c1)Nc1nc2c(s1)COCC2. The predicted octanol–water partition coefficient (Wildman–Crippen LogP) is 2.32. The van der Waals surface area contributed by atoms with Gasteiger partial charge in [-0.3, -0.25) is 9.78 Å². The maximum absolute atomic E-state index is 13.0. The molecule has 1 amide bonds. The number of amides is 1. The van der Waals surface area contributed by atoms with Crippen LogP contribution in [0.25, 0.3) is 0 Å². The molecule has 0 saturated heterocycles. The van der Waals surface area contributed by atoms with Gasteiger partial charge in [0.2, 0.25) is 5.91 Å². The molecule has 0 spiro atoms. The topological polar surface area (TPSA) is 64.1 Å². The molecule has 0 aromatic carbocycles. The van der Waals surface area contributed by atoms with Gasteiger partial charge in [0, 0.05) is 19.0 Å². The average molecular weight is 307 g/mol. The lowest BCUT2D eigenvalue weighted by molar-refractivity contribution is -0.116. The van der Waals surface area contributed by atoms with E-state index >= 15 is 0 Å². The molecule has 0 unspecified atom stereocenters. The lowest BCUT2D eigenvalue weighted by Crippen LogP contribution is -2.12. The molecule has 1 aliphatic heterocycles. The number of halogens is 1. The number of nitrogens with one attached hydrogen (secondary N) is 1. The summed E-state index contributed by atoms with van der Waals surface area (Å²) in [6.07, 6.45) is 4.22. The maximum Gasteiger partial charge on any atom is 0.226 e. The number of ether oxygens (including phenoxy) is 1. The molecule has 110 valence electrons. The first kappa shape index (κ1) is 14.1. The summed E-state index contributed by atoms with van der Waals surface area (Å²) in [5.41, 5.74) is 1.72. The van der Waals surface area contributed by atoms with E-state index in [-0.39, 0.29) is 18.1 Å². The molecule has 0 radical (unpaired) electrons. The number of rotatable bonds is 4. The molecule has 0 aliphatic carbocycles. The second kappa shape index (κ2) is 6.28. The van der Waals surface area contributed by atoms with Crippen LogP contribution < -0.4 is 5.32 Å². The Labute approximate surface area is 125 Å². The summed E-state index contributed by atoms with van der Waals surface area (Å²) in [4.78, 5) is 21.1. The highest BCUT2D eigenvalue weighted by Gasteiger charge is 2.16. The summed E-state index contributed by atoms with van der Waals surface area (Å²) in [7, 11) is 0. The van der Waals surface area contributed by atoms with Crippen molar-refractivity contribution >= 4 is 22.4 Å². The fourth-order valence-corrected chi connectivity index (χ4v) is 3.07. The summed E-state index contributed by atoms with van der Waals surface area (Å²) in [5, 5.41) is 3.39. The van der Waals surface area contributed by atoms with E-state index in [1.807, 2.05) is 0 Å². The third kappa shape index (κ3) is 3.62. The van der Waals surface area contributed by atoms with Crippen LogP contribution in [0.5, 0.6) is 0 Å². The molecule has 1 aliphatic rings. The van der Waals surface area contributed by atoms with Gasteiger partial charge in [-0.05, 0) is 18.1 Å². The van der Waals surface area contributed by atoms with Crippen molar-refractivity contribution < 1.29 is 13.9 Å². The molecular weight excluding hydrogens is 293 g/mol. The number of aromatic nitrogens is 2. The van der Waals surface area contributed by atoms with Crippen LogP contribution in [0, 0.1) is 5.82 Å². The van der Waals surface area contributed by atoms with E-state index in [1.165, 1.54) is 17.4 Å². The van der Waals surface area contributed by atoms with Crippen molar-refractivity contribution in [2.45, 2.75) is 25.9 Å². The Balaban J connectivity index is 1.55. The third-order valence-corrected chi connectivity index (χ3v) is 4.13. The van der Waals surface area contributed by atoms with Crippen molar-refractivity contribution in [3.63, 3.8) is 0 Å². The number of carbonyl (C=O) groups excluding carboxylic acids is 1. The molecule has 3 rings (SSSR count). The highest BCUT2D eigenvalue weighted by atomic mass is 32.1. The molecule has 2 aromatic heterocycles. The number of pyridine rings is 1. The first-order valence-corrected chi connectivity index (χ1v) is 7.48. The Morgan fingerprint density at radius 1 is 1.48 bits per heavy atom. The van der Waals surface area contributed by atoms with Crippen LogP contribution in [0.3, 0.4) is 0 Å². The van der Waals surface area contributed by atoms with Crippen molar-refractivity contribution in [2.75, 3.05) is 11.9 Å². The fourth-order valence-electron chi connectivity index (χ4n) is 2.11. The van der Waals surface area contributed by atoms with Gasteiger partial charge in [0.05, 0.1) is 30.0 Å². The van der Waals surface area contributed by atoms with E-state index in [2.05, 4.69) is 15.3 Å². The number of hydrogen-bond acceptors (Lipinski definition) is 5. The van der Waals surface area contributed by atoms with Crippen LogP contribution in [0.4, 0.5) is 9.52 Å². The van der Waals surface area contributed by atoms with Gasteiger partial charge in [-0.25, -0.2) is 9.37 Å². The smallest absolute Gasteiger partial charge is 0.226 e. The zero-order valence-electron chi connectivity index (χ0n) is 11.3. The quantitative estimate of drug-likeness (QED) is 0.941. The van der Waals surface area contributed by atoms with Gasteiger partial charge >= 0.3 is 0 Å². The second-order valence-electron chi connectivity index (χ2n) is 4.75. The standard InChI is InChI=1S/C14H14FN3O2S/c15-10-5-9(6-16-7-10)1-2-13(19)18-14-17-11-3-4-20-8-12(11)21-14/h5-7H,1-4,8H2,(H,17,18,19). The summed E-state index contributed by atoms with van der Waals surface area (Å²) >= 11 is 1.45. The first-order valence-electron chi connectivity index (χ1n) is 6.66. The number of fused-ring (bicyclic) bond motifs is 1. The minimum absolute atomic E-state index is 0.133. The summed E-state index contributed by atoms with van der Waals surface area (Å²) in [6.45, 7) is 1.24. The Morgan fingerprint density at radius 2 is 2.38 bits per heavy atom. The normalized spacial score (nSPS) is 13.8. The van der Waals surface area contributed by atoms with Gasteiger partial charge < -0.3 is 10.1 Å². The van der Waals surface area contributed by atoms with Crippen molar-refractivity contribution in [3.05, 3.63) is 40.4 Å². The Bertz CT molecular complexity index is 636. The van der Waals surface area contributed by atoms with Gasteiger partial charge in [0.1, 0.15) is 5.82 Å².